The highest BCUT2D eigenvalue weighted by Crippen LogP contribution is 2.40. The predicted octanol–water partition coefficient (Wildman–Crippen LogP) is 2.63. The molecule has 2 aliphatic rings. The summed E-state index contributed by atoms with van der Waals surface area (Å²) in [5.74, 6) is 0. The Morgan fingerprint density at radius 3 is 2.75 bits per heavy atom. The molecule has 0 aromatic rings. The van der Waals surface area contributed by atoms with E-state index in [4.69, 9.17) is 14.2 Å². The minimum Gasteiger partial charge on any atom is -0.431 e. The molecule has 0 unspecified atom stereocenters. The molecule has 92 valence electrons. The summed E-state index contributed by atoms with van der Waals surface area (Å²) in [7, 11) is 0. The molecule has 0 amide bonds. The van der Waals surface area contributed by atoms with Crippen molar-refractivity contribution in [1.82, 2.24) is 0 Å². The van der Waals surface area contributed by atoms with Crippen molar-refractivity contribution in [3.05, 3.63) is 0 Å². The van der Waals surface area contributed by atoms with Crippen molar-refractivity contribution in [3.63, 3.8) is 0 Å². The monoisotopic (exact) mass is 292 g/mol. The van der Waals surface area contributed by atoms with Crippen LogP contribution in [0.5, 0.6) is 0 Å². The van der Waals surface area contributed by atoms with Crippen LogP contribution in [0.15, 0.2) is 0 Å². The molecule has 2 fully saturated rings. The van der Waals surface area contributed by atoms with Crippen LogP contribution in [-0.2, 0) is 14.2 Å². The molecule has 2 saturated heterocycles. The summed E-state index contributed by atoms with van der Waals surface area (Å²) in [6.07, 6.45) is 0.912. The molecule has 5 heteroatoms. The van der Waals surface area contributed by atoms with Gasteiger partial charge < -0.3 is 14.2 Å². The molecule has 0 N–H and O–H groups in total. The highest BCUT2D eigenvalue weighted by Gasteiger charge is 2.50. The van der Waals surface area contributed by atoms with Gasteiger partial charge in [-0.2, -0.15) is 0 Å². The predicted molar refractivity (Wildman–Crippen MR) is 61.7 cm³/mol. The average molecular weight is 293 g/mol. The van der Waals surface area contributed by atoms with E-state index in [9.17, 15) is 4.79 Å². The van der Waals surface area contributed by atoms with Gasteiger partial charge in [-0.05, 0) is 33.6 Å². The highest BCUT2D eigenvalue weighted by atomic mass is 79.9. The van der Waals surface area contributed by atoms with Crippen LogP contribution in [0.1, 0.15) is 33.6 Å². The normalized spacial score (nSPS) is 42.6. The number of hydrogen-bond acceptors (Lipinski definition) is 4. The van der Waals surface area contributed by atoms with Crippen LogP contribution >= 0.6 is 15.9 Å². The fourth-order valence-electron chi connectivity index (χ4n) is 2.18. The van der Waals surface area contributed by atoms with Crippen molar-refractivity contribution in [2.45, 2.75) is 55.7 Å². The molecule has 0 aliphatic carbocycles. The fourth-order valence-corrected chi connectivity index (χ4v) is 2.51. The van der Waals surface area contributed by atoms with Gasteiger partial charge in [0.15, 0.2) is 0 Å². The second-order valence-electron chi connectivity index (χ2n) is 5.19. The first kappa shape index (κ1) is 12.2. The molecule has 2 rings (SSSR count). The van der Waals surface area contributed by atoms with Crippen molar-refractivity contribution in [2.24, 2.45) is 0 Å². The summed E-state index contributed by atoms with van der Waals surface area (Å²) in [6.45, 7) is 6.26. The molecule has 0 aromatic carbocycles. The molecular weight excluding hydrogens is 276 g/mol. The molecule has 3 atom stereocenters. The third kappa shape index (κ3) is 2.07. The standard InChI is InChI=1S/C11H17BrO4/c1-10(2)7(12)4-5-11(3)8(15-10)6-14-9(13)16-11/h7-8H,4-6H2,1-3H3/t7-,8+,11-/m1/s1. The number of cyclic esters (lactones) is 1. The zero-order valence-electron chi connectivity index (χ0n) is 9.79. The van der Waals surface area contributed by atoms with Crippen molar-refractivity contribution in [1.29, 1.82) is 0 Å². The Morgan fingerprint density at radius 2 is 2.06 bits per heavy atom. The van der Waals surface area contributed by atoms with Crippen molar-refractivity contribution in [2.75, 3.05) is 6.61 Å². The summed E-state index contributed by atoms with van der Waals surface area (Å²) in [5, 5.41) is 0. The second-order valence-corrected chi connectivity index (χ2v) is 6.30. The topological polar surface area (TPSA) is 44.8 Å². The van der Waals surface area contributed by atoms with Gasteiger partial charge in [0.2, 0.25) is 0 Å². The Kier molecular flexibility index (Phi) is 2.95. The van der Waals surface area contributed by atoms with E-state index in [1.165, 1.54) is 0 Å². The molecule has 2 heterocycles. The van der Waals surface area contributed by atoms with Crippen molar-refractivity contribution in [3.8, 4) is 0 Å². The number of halogens is 1. The van der Waals surface area contributed by atoms with Crippen LogP contribution in [0, 0.1) is 0 Å². The summed E-state index contributed by atoms with van der Waals surface area (Å²) < 4.78 is 16.2. The Labute approximate surface area is 104 Å². The van der Waals surface area contributed by atoms with Crippen LogP contribution < -0.4 is 0 Å². The molecule has 0 bridgehead atoms. The van der Waals surface area contributed by atoms with E-state index in [0.717, 1.165) is 12.8 Å². The lowest BCUT2D eigenvalue weighted by Gasteiger charge is -2.40. The number of carbonyl (C=O) groups excluding carboxylic acids is 1. The van der Waals surface area contributed by atoms with Crippen LogP contribution in [0.2, 0.25) is 0 Å². The van der Waals surface area contributed by atoms with E-state index in [2.05, 4.69) is 15.9 Å². The zero-order valence-corrected chi connectivity index (χ0v) is 11.4. The first-order chi connectivity index (χ1) is 7.33. The minimum absolute atomic E-state index is 0.192. The van der Waals surface area contributed by atoms with Crippen molar-refractivity contribution < 1.29 is 19.0 Å². The average Bonchev–Trinajstić information content (AvgIpc) is 2.26. The van der Waals surface area contributed by atoms with E-state index in [0.29, 0.717) is 0 Å². The van der Waals surface area contributed by atoms with E-state index in [-0.39, 0.29) is 23.1 Å². The molecule has 2 aliphatic heterocycles. The maximum Gasteiger partial charge on any atom is 0.509 e. The molecule has 0 aromatic heterocycles. The van der Waals surface area contributed by atoms with Crippen LogP contribution in [0.25, 0.3) is 0 Å². The van der Waals surface area contributed by atoms with Gasteiger partial charge in [-0.3, -0.25) is 0 Å². The van der Waals surface area contributed by atoms with Gasteiger partial charge in [-0.1, -0.05) is 15.9 Å². The lowest BCUT2D eigenvalue weighted by Crippen LogP contribution is -2.53. The first-order valence-corrected chi connectivity index (χ1v) is 6.43. The van der Waals surface area contributed by atoms with E-state index in [1.807, 2.05) is 20.8 Å². The quantitative estimate of drug-likeness (QED) is 0.509. The number of carbonyl (C=O) groups is 1. The molecule has 0 spiro atoms. The van der Waals surface area contributed by atoms with Gasteiger partial charge in [0.05, 0.1) is 5.60 Å². The van der Waals surface area contributed by atoms with E-state index in [1.54, 1.807) is 0 Å². The first-order valence-electron chi connectivity index (χ1n) is 5.51. The third-order valence-corrected chi connectivity index (χ3v) is 5.01. The second kappa shape index (κ2) is 3.88. The zero-order chi connectivity index (χ0) is 12.0. The lowest BCUT2D eigenvalue weighted by molar-refractivity contribution is -0.197. The smallest absolute Gasteiger partial charge is 0.431 e. The maximum absolute atomic E-state index is 11.2. The number of hydrogen-bond donors (Lipinski definition) is 0. The Bertz CT molecular complexity index is 304. The molecule has 0 radical (unpaired) electrons. The number of ether oxygens (including phenoxy) is 3. The van der Waals surface area contributed by atoms with E-state index >= 15 is 0 Å². The van der Waals surface area contributed by atoms with Gasteiger partial charge in [0.25, 0.3) is 0 Å². The van der Waals surface area contributed by atoms with E-state index < -0.39 is 11.8 Å². The van der Waals surface area contributed by atoms with Crippen LogP contribution in [0.4, 0.5) is 4.79 Å². The summed E-state index contributed by atoms with van der Waals surface area (Å²) in [4.78, 5) is 11.4. The molecule has 16 heavy (non-hydrogen) atoms. The molecular formula is C11H17BrO4. The lowest BCUT2D eigenvalue weighted by atomic mass is 9.92. The number of rotatable bonds is 0. The number of fused-ring (bicyclic) bond motifs is 1. The van der Waals surface area contributed by atoms with Gasteiger partial charge in [0.1, 0.15) is 18.3 Å². The highest BCUT2D eigenvalue weighted by molar-refractivity contribution is 9.09. The fraction of sp³-hybridized carbons (Fsp3) is 0.909. The summed E-state index contributed by atoms with van der Waals surface area (Å²) >= 11 is 3.63. The SMILES string of the molecule is CC1(C)O[C@H]2COC(=O)O[C@]2(C)CC[C@H]1Br. The van der Waals surface area contributed by atoms with Crippen LogP contribution in [0.3, 0.4) is 0 Å². The van der Waals surface area contributed by atoms with Gasteiger partial charge in [-0.25, -0.2) is 4.79 Å². The Balaban J connectivity index is 2.22. The Morgan fingerprint density at radius 1 is 1.38 bits per heavy atom. The van der Waals surface area contributed by atoms with Crippen LogP contribution in [-0.4, -0.2) is 34.9 Å². The van der Waals surface area contributed by atoms with Gasteiger partial charge in [-0.15, -0.1) is 0 Å². The largest absolute Gasteiger partial charge is 0.509 e. The summed E-state index contributed by atoms with van der Waals surface area (Å²) in [6, 6.07) is 0. The molecule has 4 nitrogen and oxygen atoms in total. The Hall–Kier alpha value is -0.290. The third-order valence-electron chi connectivity index (χ3n) is 3.44. The molecule has 0 saturated carbocycles. The maximum atomic E-state index is 11.2. The van der Waals surface area contributed by atoms with Crippen molar-refractivity contribution >= 4 is 22.1 Å². The number of alkyl halides is 1. The van der Waals surface area contributed by atoms with Gasteiger partial charge in [0, 0.05) is 4.83 Å². The summed E-state index contributed by atoms with van der Waals surface area (Å²) in [5.41, 5.74) is -0.843. The van der Waals surface area contributed by atoms with Gasteiger partial charge >= 0.3 is 6.16 Å². The minimum atomic E-state index is -0.590.